The number of nitrogens with one attached hydrogen (secondary N) is 1. The fraction of sp³-hybridized carbons (Fsp3) is 1.00. The summed E-state index contributed by atoms with van der Waals surface area (Å²) in [5, 5.41) is 3.55. The zero-order valence-electron chi connectivity index (χ0n) is 9.75. The predicted octanol–water partition coefficient (Wildman–Crippen LogP) is 0.574. The van der Waals surface area contributed by atoms with Crippen LogP contribution in [-0.4, -0.2) is 35.3 Å². The van der Waals surface area contributed by atoms with Crippen molar-refractivity contribution >= 4 is 10.8 Å². The van der Waals surface area contributed by atoms with Crippen molar-refractivity contribution in [1.29, 1.82) is 0 Å². The lowest BCUT2D eigenvalue weighted by atomic mass is 9.96. The third-order valence-electron chi connectivity index (χ3n) is 2.65. The highest BCUT2D eigenvalue weighted by atomic mass is 32.2. The molecule has 3 atom stereocenters. The van der Waals surface area contributed by atoms with Crippen LogP contribution in [0.25, 0.3) is 0 Å². The molecule has 0 fully saturated rings. The zero-order chi connectivity index (χ0) is 11.1. The van der Waals surface area contributed by atoms with Crippen LogP contribution in [0.4, 0.5) is 0 Å². The molecule has 0 aliphatic carbocycles. The smallest absolute Gasteiger partial charge is 0.0441 e. The minimum atomic E-state index is -0.731. The topological polar surface area (TPSA) is 55.1 Å². The van der Waals surface area contributed by atoms with Crippen LogP contribution < -0.4 is 11.1 Å². The van der Waals surface area contributed by atoms with E-state index in [1.807, 2.05) is 6.92 Å². The number of nitrogens with two attached hydrogens (primary N) is 1. The summed E-state index contributed by atoms with van der Waals surface area (Å²) >= 11 is 0. The van der Waals surface area contributed by atoms with Crippen molar-refractivity contribution in [2.75, 3.05) is 25.9 Å². The van der Waals surface area contributed by atoms with Crippen molar-refractivity contribution in [2.24, 2.45) is 17.6 Å². The minimum absolute atomic E-state index is 0.223. The van der Waals surface area contributed by atoms with Gasteiger partial charge in [0.1, 0.15) is 0 Å². The molecule has 0 saturated heterocycles. The van der Waals surface area contributed by atoms with Gasteiger partial charge in [-0.2, -0.15) is 0 Å². The third-order valence-corrected chi connectivity index (χ3v) is 3.95. The Hall–Kier alpha value is 0.0700. The first-order chi connectivity index (χ1) is 6.49. The lowest BCUT2D eigenvalue weighted by Gasteiger charge is -2.20. The largest absolute Gasteiger partial charge is 0.330 e. The van der Waals surface area contributed by atoms with Crippen LogP contribution >= 0.6 is 0 Å². The molecule has 0 heterocycles. The Morgan fingerprint density at radius 3 is 2.21 bits per heavy atom. The highest BCUT2D eigenvalue weighted by molar-refractivity contribution is 7.84. The maximum absolute atomic E-state index is 11.1. The van der Waals surface area contributed by atoms with Gasteiger partial charge in [0.2, 0.25) is 0 Å². The Balaban J connectivity index is 3.66. The molecule has 0 amide bonds. The van der Waals surface area contributed by atoms with Gasteiger partial charge >= 0.3 is 0 Å². The van der Waals surface area contributed by atoms with E-state index in [2.05, 4.69) is 19.2 Å². The van der Waals surface area contributed by atoms with Crippen LogP contribution in [0.15, 0.2) is 0 Å². The lowest BCUT2D eigenvalue weighted by molar-refractivity contribution is 0.372. The minimum Gasteiger partial charge on any atom is -0.330 e. The lowest BCUT2D eigenvalue weighted by Crippen LogP contribution is -2.36. The summed E-state index contributed by atoms with van der Waals surface area (Å²) < 4.78 is 11.1. The highest BCUT2D eigenvalue weighted by Gasteiger charge is 2.12. The molecule has 3 unspecified atom stereocenters. The van der Waals surface area contributed by atoms with E-state index in [1.54, 1.807) is 6.26 Å². The van der Waals surface area contributed by atoms with E-state index in [0.29, 0.717) is 18.4 Å². The molecular weight excluding hydrogens is 196 g/mol. The predicted molar refractivity (Wildman–Crippen MR) is 63.8 cm³/mol. The molecule has 0 aromatic rings. The molecule has 0 saturated carbocycles. The summed E-state index contributed by atoms with van der Waals surface area (Å²) in [6, 6.07) is 0. The number of hydrogen-bond acceptors (Lipinski definition) is 3. The van der Waals surface area contributed by atoms with Crippen molar-refractivity contribution in [3.8, 4) is 0 Å². The van der Waals surface area contributed by atoms with E-state index in [1.165, 1.54) is 0 Å². The molecule has 3 nitrogen and oxygen atoms in total. The molecule has 4 heteroatoms. The second kappa shape index (κ2) is 7.37. The number of hydrogen-bond donors (Lipinski definition) is 2. The van der Waals surface area contributed by atoms with Gasteiger partial charge in [-0.15, -0.1) is 0 Å². The Bertz CT molecular complexity index is 174. The van der Waals surface area contributed by atoms with Crippen molar-refractivity contribution < 1.29 is 4.21 Å². The molecule has 0 aromatic carbocycles. The fourth-order valence-electron chi connectivity index (χ4n) is 1.18. The fourth-order valence-corrected chi connectivity index (χ4v) is 1.53. The van der Waals surface area contributed by atoms with E-state index < -0.39 is 10.8 Å². The molecule has 0 bridgehead atoms. The normalized spacial score (nSPS) is 18.1. The Morgan fingerprint density at radius 2 is 1.86 bits per heavy atom. The highest BCUT2D eigenvalue weighted by Crippen LogP contribution is 2.07. The van der Waals surface area contributed by atoms with E-state index in [4.69, 9.17) is 5.73 Å². The van der Waals surface area contributed by atoms with Gasteiger partial charge in [-0.1, -0.05) is 13.8 Å². The van der Waals surface area contributed by atoms with Crippen molar-refractivity contribution in [3.63, 3.8) is 0 Å². The van der Waals surface area contributed by atoms with E-state index in [0.717, 1.165) is 13.1 Å². The van der Waals surface area contributed by atoms with Crippen LogP contribution in [0.1, 0.15) is 20.8 Å². The van der Waals surface area contributed by atoms with Crippen LogP contribution in [0.2, 0.25) is 0 Å². The molecule has 86 valence electrons. The second-order valence-corrected chi connectivity index (χ2v) is 6.01. The SMILES string of the molecule is CC(C)C(CN)CNCC(C)S(C)=O. The van der Waals surface area contributed by atoms with Gasteiger partial charge in [-0.3, -0.25) is 4.21 Å². The van der Waals surface area contributed by atoms with E-state index in [9.17, 15) is 4.21 Å². The van der Waals surface area contributed by atoms with Gasteiger partial charge in [0, 0.05) is 28.9 Å². The third kappa shape index (κ3) is 5.73. The van der Waals surface area contributed by atoms with Crippen LogP contribution in [-0.2, 0) is 10.8 Å². The average Bonchev–Trinajstić information content (AvgIpc) is 2.11. The van der Waals surface area contributed by atoms with Gasteiger partial charge in [0.25, 0.3) is 0 Å². The van der Waals surface area contributed by atoms with E-state index in [-0.39, 0.29) is 5.25 Å². The summed E-state index contributed by atoms with van der Waals surface area (Å²) in [6.07, 6.45) is 1.75. The maximum Gasteiger partial charge on any atom is 0.0441 e. The molecule has 0 spiro atoms. The molecule has 3 N–H and O–H groups in total. The first-order valence-corrected chi connectivity index (χ1v) is 6.84. The molecule has 0 aliphatic rings. The monoisotopic (exact) mass is 220 g/mol. The summed E-state index contributed by atoms with van der Waals surface area (Å²) in [7, 11) is -0.731. The second-order valence-electron chi connectivity index (χ2n) is 4.21. The Morgan fingerprint density at radius 1 is 1.29 bits per heavy atom. The van der Waals surface area contributed by atoms with Crippen LogP contribution in [0, 0.1) is 11.8 Å². The van der Waals surface area contributed by atoms with Gasteiger partial charge in [0.05, 0.1) is 0 Å². The number of rotatable bonds is 7. The summed E-state index contributed by atoms with van der Waals surface area (Å²) in [5.41, 5.74) is 5.65. The molecule has 0 aromatic heterocycles. The summed E-state index contributed by atoms with van der Waals surface area (Å²) in [4.78, 5) is 0. The molecule has 0 radical (unpaired) electrons. The average molecular weight is 220 g/mol. The first-order valence-electron chi connectivity index (χ1n) is 5.22. The molecular formula is C10H24N2OS. The first kappa shape index (κ1) is 14.1. The van der Waals surface area contributed by atoms with Gasteiger partial charge in [-0.25, -0.2) is 0 Å². The Labute approximate surface area is 90.3 Å². The molecule has 0 rings (SSSR count). The van der Waals surface area contributed by atoms with Gasteiger partial charge in [-0.05, 0) is 31.8 Å². The zero-order valence-corrected chi connectivity index (χ0v) is 10.6. The van der Waals surface area contributed by atoms with Crippen molar-refractivity contribution in [3.05, 3.63) is 0 Å². The standard InChI is InChI=1S/C10H24N2OS/c1-8(2)10(5-11)7-12-6-9(3)14(4)13/h8-10,12H,5-7,11H2,1-4H3. The molecule has 14 heavy (non-hydrogen) atoms. The molecule has 0 aliphatic heterocycles. The quantitative estimate of drug-likeness (QED) is 0.660. The maximum atomic E-state index is 11.1. The summed E-state index contributed by atoms with van der Waals surface area (Å²) in [6.45, 7) is 8.81. The van der Waals surface area contributed by atoms with Crippen LogP contribution in [0.3, 0.4) is 0 Å². The van der Waals surface area contributed by atoms with Crippen molar-refractivity contribution in [1.82, 2.24) is 5.32 Å². The van der Waals surface area contributed by atoms with Crippen molar-refractivity contribution in [2.45, 2.75) is 26.0 Å². The Kier molecular flexibility index (Phi) is 7.41. The van der Waals surface area contributed by atoms with Crippen LogP contribution in [0.5, 0.6) is 0 Å². The van der Waals surface area contributed by atoms with Gasteiger partial charge < -0.3 is 11.1 Å². The van der Waals surface area contributed by atoms with E-state index >= 15 is 0 Å². The summed E-state index contributed by atoms with van der Waals surface area (Å²) in [5.74, 6) is 1.13. The van der Waals surface area contributed by atoms with Gasteiger partial charge in [0.15, 0.2) is 0 Å².